The zero-order valence-corrected chi connectivity index (χ0v) is 10.2. The fourth-order valence-corrected chi connectivity index (χ4v) is 2.86. The number of nitrogens with two attached hydrogens (primary N) is 1. The Morgan fingerprint density at radius 2 is 2.25 bits per heavy atom. The normalized spacial score (nSPS) is 32.2. The van der Waals surface area contributed by atoms with Gasteiger partial charge in [-0.1, -0.05) is 6.42 Å². The quantitative estimate of drug-likeness (QED) is 0.772. The van der Waals surface area contributed by atoms with Crippen molar-refractivity contribution < 1.29 is 9.53 Å². The van der Waals surface area contributed by atoms with Crippen LogP contribution in [0.15, 0.2) is 0 Å². The van der Waals surface area contributed by atoms with Gasteiger partial charge < -0.3 is 15.4 Å². The number of likely N-dealkylation sites (N-methyl/N-ethyl adjacent to an activating group) is 1. The fraction of sp³-hybridized carbons (Fsp3) is 0.917. The SMILES string of the molecule is CC1OCCC1N(C)C(=O)C1(CN)CCC1. The molecular weight excluding hydrogens is 204 g/mol. The lowest BCUT2D eigenvalue weighted by molar-refractivity contribution is -0.148. The molecule has 1 saturated heterocycles. The molecule has 2 rings (SSSR count). The summed E-state index contributed by atoms with van der Waals surface area (Å²) < 4.78 is 5.51. The second kappa shape index (κ2) is 4.34. The van der Waals surface area contributed by atoms with Crippen LogP contribution in [0.4, 0.5) is 0 Å². The summed E-state index contributed by atoms with van der Waals surface area (Å²) in [4.78, 5) is 14.3. The first-order valence-corrected chi connectivity index (χ1v) is 6.20. The second-order valence-electron chi connectivity index (χ2n) is 5.19. The molecule has 2 aliphatic rings. The third kappa shape index (κ3) is 1.74. The predicted octanol–water partition coefficient (Wildman–Crippen LogP) is 0.751. The average Bonchev–Trinajstić information content (AvgIpc) is 2.62. The van der Waals surface area contributed by atoms with Gasteiger partial charge in [0.25, 0.3) is 0 Å². The van der Waals surface area contributed by atoms with Crippen molar-refractivity contribution >= 4 is 5.91 Å². The Balaban J connectivity index is 2.03. The van der Waals surface area contributed by atoms with Gasteiger partial charge in [0.15, 0.2) is 0 Å². The molecule has 92 valence electrons. The molecule has 0 bridgehead atoms. The van der Waals surface area contributed by atoms with Crippen molar-refractivity contribution in [2.45, 2.75) is 44.8 Å². The largest absolute Gasteiger partial charge is 0.376 e. The summed E-state index contributed by atoms with van der Waals surface area (Å²) in [5.74, 6) is 0.226. The van der Waals surface area contributed by atoms with E-state index in [0.29, 0.717) is 6.54 Å². The third-order valence-electron chi connectivity index (χ3n) is 4.31. The van der Waals surface area contributed by atoms with E-state index < -0.39 is 0 Å². The number of rotatable bonds is 3. The van der Waals surface area contributed by atoms with Crippen molar-refractivity contribution in [1.82, 2.24) is 4.90 Å². The molecule has 2 atom stereocenters. The van der Waals surface area contributed by atoms with Crippen molar-refractivity contribution in [1.29, 1.82) is 0 Å². The summed E-state index contributed by atoms with van der Waals surface area (Å²) in [5, 5.41) is 0. The van der Waals surface area contributed by atoms with E-state index in [4.69, 9.17) is 10.5 Å². The molecular formula is C12H22N2O2. The summed E-state index contributed by atoms with van der Waals surface area (Å²) in [6.45, 7) is 3.29. The van der Waals surface area contributed by atoms with E-state index in [1.807, 2.05) is 18.9 Å². The van der Waals surface area contributed by atoms with Gasteiger partial charge in [0.05, 0.1) is 17.6 Å². The van der Waals surface area contributed by atoms with Crippen LogP contribution in [0.3, 0.4) is 0 Å². The molecule has 0 radical (unpaired) electrons. The summed E-state index contributed by atoms with van der Waals surface area (Å²) in [6, 6.07) is 0.233. The van der Waals surface area contributed by atoms with Crippen LogP contribution >= 0.6 is 0 Å². The maximum absolute atomic E-state index is 12.4. The lowest BCUT2D eigenvalue weighted by atomic mass is 9.67. The van der Waals surface area contributed by atoms with E-state index in [1.165, 1.54) is 0 Å². The molecule has 1 heterocycles. The maximum Gasteiger partial charge on any atom is 0.230 e. The van der Waals surface area contributed by atoms with Crippen LogP contribution < -0.4 is 5.73 Å². The smallest absolute Gasteiger partial charge is 0.230 e. The van der Waals surface area contributed by atoms with Gasteiger partial charge in [0.1, 0.15) is 0 Å². The van der Waals surface area contributed by atoms with Gasteiger partial charge >= 0.3 is 0 Å². The second-order valence-corrected chi connectivity index (χ2v) is 5.19. The number of amides is 1. The molecule has 2 N–H and O–H groups in total. The minimum atomic E-state index is -0.253. The van der Waals surface area contributed by atoms with Gasteiger partial charge in [-0.05, 0) is 26.2 Å². The molecule has 0 spiro atoms. The summed E-state index contributed by atoms with van der Waals surface area (Å²) >= 11 is 0. The number of nitrogens with zero attached hydrogens (tertiary/aromatic N) is 1. The van der Waals surface area contributed by atoms with Gasteiger partial charge in [-0.3, -0.25) is 4.79 Å². The Labute approximate surface area is 97.1 Å². The van der Waals surface area contributed by atoms with Crippen LogP contribution in [0.2, 0.25) is 0 Å². The predicted molar refractivity (Wildman–Crippen MR) is 61.9 cm³/mol. The topological polar surface area (TPSA) is 55.6 Å². The number of hydrogen-bond donors (Lipinski definition) is 1. The first kappa shape index (κ1) is 11.9. The molecule has 4 nitrogen and oxygen atoms in total. The van der Waals surface area contributed by atoms with Crippen LogP contribution in [0.5, 0.6) is 0 Å². The standard InChI is InChI=1S/C12H22N2O2/c1-9-10(4-7-16-9)14(2)11(15)12(8-13)5-3-6-12/h9-10H,3-8,13H2,1-2H3. The Bertz CT molecular complexity index is 271. The molecule has 1 aliphatic heterocycles. The molecule has 1 saturated carbocycles. The van der Waals surface area contributed by atoms with Crippen molar-refractivity contribution in [2.24, 2.45) is 11.1 Å². The van der Waals surface area contributed by atoms with Crippen molar-refractivity contribution in [3.63, 3.8) is 0 Å². The third-order valence-corrected chi connectivity index (χ3v) is 4.31. The Morgan fingerprint density at radius 1 is 1.56 bits per heavy atom. The molecule has 0 aromatic rings. The first-order chi connectivity index (χ1) is 7.60. The molecule has 0 aromatic carbocycles. The highest BCUT2D eigenvalue weighted by Crippen LogP contribution is 2.42. The van der Waals surface area contributed by atoms with E-state index in [9.17, 15) is 4.79 Å². The average molecular weight is 226 g/mol. The zero-order valence-electron chi connectivity index (χ0n) is 10.2. The molecule has 0 aromatic heterocycles. The minimum absolute atomic E-state index is 0.156. The number of hydrogen-bond acceptors (Lipinski definition) is 3. The van der Waals surface area contributed by atoms with Crippen LogP contribution in [-0.2, 0) is 9.53 Å². The Morgan fingerprint density at radius 3 is 2.62 bits per heavy atom. The van der Waals surface area contributed by atoms with Crippen LogP contribution in [0.1, 0.15) is 32.6 Å². The Hall–Kier alpha value is -0.610. The molecule has 4 heteroatoms. The maximum atomic E-state index is 12.4. The highest BCUT2D eigenvalue weighted by molar-refractivity contribution is 5.84. The first-order valence-electron chi connectivity index (χ1n) is 6.20. The van der Waals surface area contributed by atoms with Crippen molar-refractivity contribution in [3.05, 3.63) is 0 Å². The van der Waals surface area contributed by atoms with E-state index in [0.717, 1.165) is 32.3 Å². The number of ether oxygens (including phenoxy) is 1. The van der Waals surface area contributed by atoms with Crippen LogP contribution in [0.25, 0.3) is 0 Å². The van der Waals surface area contributed by atoms with Crippen LogP contribution in [0, 0.1) is 5.41 Å². The van der Waals surface area contributed by atoms with Crippen molar-refractivity contribution in [2.75, 3.05) is 20.2 Å². The molecule has 1 aliphatic carbocycles. The summed E-state index contributed by atoms with van der Waals surface area (Å²) in [5.41, 5.74) is 5.51. The van der Waals surface area contributed by atoms with E-state index in [2.05, 4.69) is 0 Å². The molecule has 2 unspecified atom stereocenters. The molecule has 1 amide bonds. The van der Waals surface area contributed by atoms with Crippen molar-refractivity contribution in [3.8, 4) is 0 Å². The van der Waals surface area contributed by atoms with Gasteiger partial charge in [-0.25, -0.2) is 0 Å². The van der Waals surface area contributed by atoms with E-state index >= 15 is 0 Å². The van der Waals surface area contributed by atoms with E-state index in [-0.39, 0.29) is 23.5 Å². The lowest BCUT2D eigenvalue weighted by Crippen LogP contribution is -2.54. The van der Waals surface area contributed by atoms with Gasteiger partial charge in [-0.15, -0.1) is 0 Å². The summed E-state index contributed by atoms with van der Waals surface area (Å²) in [6.07, 6.45) is 4.14. The van der Waals surface area contributed by atoms with Gasteiger partial charge in [0.2, 0.25) is 5.91 Å². The van der Waals surface area contributed by atoms with Gasteiger partial charge in [-0.2, -0.15) is 0 Å². The van der Waals surface area contributed by atoms with E-state index in [1.54, 1.807) is 0 Å². The zero-order chi connectivity index (χ0) is 11.8. The fourth-order valence-electron chi connectivity index (χ4n) is 2.86. The number of carbonyl (C=O) groups is 1. The van der Waals surface area contributed by atoms with Crippen LogP contribution in [-0.4, -0.2) is 43.2 Å². The highest BCUT2D eigenvalue weighted by Gasteiger charge is 2.46. The Kier molecular flexibility index (Phi) is 3.22. The number of carbonyl (C=O) groups excluding carboxylic acids is 1. The monoisotopic (exact) mass is 226 g/mol. The highest BCUT2D eigenvalue weighted by atomic mass is 16.5. The minimum Gasteiger partial charge on any atom is -0.376 e. The molecule has 2 fully saturated rings. The lowest BCUT2D eigenvalue weighted by Gasteiger charge is -2.43. The molecule has 16 heavy (non-hydrogen) atoms. The van der Waals surface area contributed by atoms with Gasteiger partial charge in [0, 0.05) is 20.2 Å². The summed E-state index contributed by atoms with van der Waals surface area (Å²) in [7, 11) is 1.90.